The summed E-state index contributed by atoms with van der Waals surface area (Å²) < 4.78 is 23.9. The fourth-order valence-electron chi connectivity index (χ4n) is 3.93. The van der Waals surface area contributed by atoms with E-state index in [1.165, 1.54) is 12.4 Å². The van der Waals surface area contributed by atoms with Crippen LogP contribution in [0, 0.1) is 5.41 Å². The molecule has 1 amide bonds. The highest BCUT2D eigenvalue weighted by molar-refractivity contribution is 6.08. The molecule has 0 unspecified atom stereocenters. The van der Waals surface area contributed by atoms with Crippen molar-refractivity contribution in [3.05, 3.63) is 78.5 Å². The monoisotopic (exact) mass is 542 g/mol. The molecule has 0 spiro atoms. The van der Waals surface area contributed by atoms with E-state index in [4.69, 9.17) is 30.6 Å². The Morgan fingerprint density at radius 3 is 2.52 bits per heavy atom. The lowest BCUT2D eigenvalue weighted by Crippen LogP contribution is -2.34. The molecule has 0 fully saturated rings. The maximum atomic E-state index is 12.7. The van der Waals surface area contributed by atoms with Crippen molar-refractivity contribution in [2.24, 2.45) is 5.73 Å². The van der Waals surface area contributed by atoms with Crippen LogP contribution < -0.4 is 25.8 Å². The summed E-state index contributed by atoms with van der Waals surface area (Å²) in [6.45, 7) is 3.01. The maximum absolute atomic E-state index is 12.7. The number of carbonyl (C=O) groups is 1. The predicted molar refractivity (Wildman–Crippen MR) is 156 cm³/mol. The van der Waals surface area contributed by atoms with Crippen molar-refractivity contribution in [3.8, 4) is 22.9 Å². The highest BCUT2D eigenvalue weighted by Gasteiger charge is 2.13. The van der Waals surface area contributed by atoms with E-state index in [2.05, 4.69) is 10.6 Å². The molecular formula is C30H31FN6O3. The van der Waals surface area contributed by atoms with Gasteiger partial charge in [-0.15, -0.1) is 0 Å². The van der Waals surface area contributed by atoms with E-state index in [-0.39, 0.29) is 25.2 Å². The van der Waals surface area contributed by atoms with E-state index < -0.39 is 6.67 Å². The lowest BCUT2D eigenvalue weighted by Gasteiger charge is -2.14. The van der Waals surface area contributed by atoms with Gasteiger partial charge in [0, 0.05) is 40.7 Å². The van der Waals surface area contributed by atoms with Gasteiger partial charge in [-0.25, -0.2) is 14.4 Å². The average molecular weight is 543 g/mol. The Kier molecular flexibility index (Phi) is 9.24. The molecule has 4 rings (SSSR count). The average Bonchev–Trinajstić information content (AvgIpc) is 2.96. The summed E-state index contributed by atoms with van der Waals surface area (Å²) in [5, 5.41) is 14.3. The van der Waals surface area contributed by atoms with Gasteiger partial charge >= 0.3 is 0 Å². The van der Waals surface area contributed by atoms with Gasteiger partial charge in [0.1, 0.15) is 30.6 Å². The zero-order chi connectivity index (χ0) is 28.5. The van der Waals surface area contributed by atoms with E-state index >= 15 is 0 Å². The molecule has 0 aliphatic rings. The molecule has 0 saturated carbocycles. The molecule has 1 heterocycles. The largest absolute Gasteiger partial charge is 0.491 e. The molecule has 206 valence electrons. The third kappa shape index (κ3) is 7.10. The molecule has 0 aliphatic heterocycles. The lowest BCUT2D eigenvalue weighted by molar-refractivity contribution is -0.123. The number of hydrogen-bond acceptors (Lipinski definition) is 8. The Balaban J connectivity index is 1.69. The zero-order valence-electron chi connectivity index (χ0n) is 22.3. The Morgan fingerprint density at radius 2 is 1.82 bits per heavy atom. The number of halogens is 1. The van der Waals surface area contributed by atoms with Gasteiger partial charge in [-0.1, -0.05) is 24.3 Å². The van der Waals surface area contributed by atoms with Crippen molar-refractivity contribution >= 4 is 40.1 Å². The molecule has 5 N–H and O–H groups in total. The third-order valence-electron chi connectivity index (χ3n) is 5.74. The summed E-state index contributed by atoms with van der Waals surface area (Å²) in [5.41, 5.74) is 9.11. The number of aromatic nitrogens is 2. The SMILES string of the molecule is CC(C)NC(=O)COc1cccc(-c2nc(Nc3ccc(/C(C=N)=C/N)cc3)c3cc(OCCF)ccc3n2)c1. The number of anilines is 2. The molecule has 0 saturated heterocycles. The number of benzene rings is 3. The molecule has 0 bridgehead atoms. The van der Waals surface area contributed by atoms with Crippen LogP contribution in [0.4, 0.5) is 15.9 Å². The second kappa shape index (κ2) is 13.2. The first-order chi connectivity index (χ1) is 19.4. The molecular weight excluding hydrogens is 511 g/mol. The lowest BCUT2D eigenvalue weighted by atomic mass is 10.1. The standard InChI is InChI=1S/C30H31FN6O3/c1-19(2)34-28(38)18-40-24-5-3-4-21(14-24)29-36-27-11-10-25(39-13-12-31)15-26(27)30(37-29)35-23-8-6-20(7-9-23)22(16-32)17-33/h3-11,14-17,19,32H,12-13,18,33H2,1-2H3,(H,34,38)(H,35,36,37)/b22-17+,32-16?. The normalized spacial score (nSPS) is 11.3. The Bertz CT molecular complexity index is 1520. The first-order valence-electron chi connectivity index (χ1n) is 12.7. The minimum absolute atomic E-state index is 0.0219. The first-order valence-corrected chi connectivity index (χ1v) is 12.7. The highest BCUT2D eigenvalue weighted by Crippen LogP contribution is 2.31. The Hall–Kier alpha value is -4.99. The van der Waals surface area contributed by atoms with Gasteiger partial charge in [-0.2, -0.15) is 0 Å². The van der Waals surface area contributed by atoms with Crippen LogP contribution in [0.2, 0.25) is 0 Å². The first kappa shape index (κ1) is 28.0. The molecule has 0 radical (unpaired) electrons. The number of nitrogens with one attached hydrogen (secondary N) is 3. The summed E-state index contributed by atoms with van der Waals surface area (Å²) in [7, 11) is 0. The van der Waals surface area contributed by atoms with Gasteiger partial charge in [-0.05, 0) is 61.9 Å². The molecule has 4 aromatic rings. The number of fused-ring (bicyclic) bond motifs is 1. The summed E-state index contributed by atoms with van der Waals surface area (Å²) in [4.78, 5) is 21.6. The Labute approximate surface area is 231 Å². The van der Waals surface area contributed by atoms with Gasteiger partial charge < -0.3 is 31.3 Å². The van der Waals surface area contributed by atoms with Crippen LogP contribution in [0.1, 0.15) is 19.4 Å². The van der Waals surface area contributed by atoms with Crippen molar-refractivity contribution in [1.29, 1.82) is 5.41 Å². The third-order valence-corrected chi connectivity index (χ3v) is 5.74. The van der Waals surface area contributed by atoms with Crippen molar-refractivity contribution < 1.29 is 18.7 Å². The molecule has 3 aromatic carbocycles. The number of amides is 1. The van der Waals surface area contributed by atoms with E-state index in [9.17, 15) is 9.18 Å². The minimum Gasteiger partial charge on any atom is -0.491 e. The van der Waals surface area contributed by atoms with Gasteiger partial charge in [0.2, 0.25) is 0 Å². The van der Waals surface area contributed by atoms with Crippen molar-refractivity contribution in [2.75, 3.05) is 25.2 Å². The second-order valence-corrected chi connectivity index (χ2v) is 9.12. The van der Waals surface area contributed by atoms with Crippen molar-refractivity contribution in [1.82, 2.24) is 15.3 Å². The highest BCUT2D eigenvalue weighted by atomic mass is 19.1. The van der Waals surface area contributed by atoms with Crippen molar-refractivity contribution in [2.45, 2.75) is 19.9 Å². The number of allylic oxidation sites excluding steroid dienone is 1. The summed E-state index contributed by atoms with van der Waals surface area (Å²) in [5.74, 6) is 1.76. The number of rotatable bonds is 12. The Morgan fingerprint density at radius 1 is 1.05 bits per heavy atom. The van der Waals surface area contributed by atoms with Crippen LogP contribution in [0.15, 0.2) is 72.9 Å². The summed E-state index contributed by atoms with van der Waals surface area (Å²) in [6.07, 6.45) is 2.58. The topological polar surface area (TPSA) is 135 Å². The van der Waals surface area contributed by atoms with Crippen LogP contribution in [-0.2, 0) is 4.79 Å². The smallest absolute Gasteiger partial charge is 0.258 e. The second-order valence-electron chi connectivity index (χ2n) is 9.12. The number of alkyl halides is 1. The van der Waals surface area contributed by atoms with Crippen molar-refractivity contribution in [3.63, 3.8) is 0 Å². The summed E-state index contributed by atoms with van der Waals surface area (Å²) in [6, 6.07) is 19.9. The van der Waals surface area contributed by atoms with E-state index in [1.54, 1.807) is 30.3 Å². The predicted octanol–water partition coefficient (Wildman–Crippen LogP) is 5.24. The van der Waals surface area contributed by atoms with Crippen LogP contribution >= 0.6 is 0 Å². The van der Waals surface area contributed by atoms with Gasteiger partial charge in [-0.3, -0.25) is 4.79 Å². The van der Waals surface area contributed by atoms with Gasteiger partial charge in [0.15, 0.2) is 12.4 Å². The fourth-order valence-corrected chi connectivity index (χ4v) is 3.93. The number of nitrogens with zero attached hydrogens (tertiary/aromatic N) is 2. The molecule has 40 heavy (non-hydrogen) atoms. The molecule has 1 aromatic heterocycles. The quantitative estimate of drug-likeness (QED) is 0.180. The minimum atomic E-state index is -0.600. The van der Waals surface area contributed by atoms with Crippen LogP contribution in [-0.4, -0.2) is 48.0 Å². The summed E-state index contributed by atoms with van der Waals surface area (Å²) >= 11 is 0. The molecule has 0 aliphatic carbocycles. The number of carbonyl (C=O) groups excluding carboxylic acids is 1. The van der Waals surface area contributed by atoms with Crippen LogP contribution in [0.3, 0.4) is 0 Å². The molecule has 9 nitrogen and oxygen atoms in total. The van der Waals surface area contributed by atoms with Gasteiger partial charge in [0.05, 0.1) is 5.52 Å². The van der Waals surface area contributed by atoms with E-state index in [1.807, 2.05) is 50.2 Å². The number of nitrogens with two attached hydrogens (primary N) is 1. The van der Waals surface area contributed by atoms with Crippen LogP contribution in [0.25, 0.3) is 27.9 Å². The van der Waals surface area contributed by atoms with E-state index in [0.29, 0.717) is 45.2 Å². The molecule has 0 atom stereocenters. The molecule has 10 heteroatoms. The van der Waals surface area contributed by atoms with Crippen LogP contribution in [0.5, 0.6) is 11.5 Å². The van der Waals surface area contributed by atoms with E-state index in [0.717, 1.165) is 11.3 Å². The van der Waals surface area contributed by atoms with Gasteiger partial charge in [0.25, 0.3) is 5.91 Å². The number of ether oxygens (including phenoxy) is 2. The maximum Gasteiger partial charge on any atom is 0.258 e. The fraction of sp³-hybridized carbons (Fsp3) is 0.200. The number of hydrogen-bond donors (Lipinski definition) is 4. The zero-order valence-corrected chi connectivity index (χ0v) is 22.3.